The average Bonchev–Trinajstić information content (AvgIpc) is 1.97. The molecule has 0 aliphatic heterocycles. The predicted octanol–water partition coefficient (Wildman–Crippen LogP) is 2.71. The molecule has 3 rings (SSSR count). The number of carbonyl (C=O) groups excluding carboxylic acids is 1. The van der Waals surface area contributed by atoms with Gasteiger partial charge in [-0.2, -0.15) is 0 Å². The molecule has 1 heteroatoms. The Labute approximate surface area is 73.8 Å². The third-order valence-electron chi connectivity index (χ3n) is 3.18. The standard InChI is InChI=1S/C11H16O/c12-11-8-7-9-3-1-5-10(11)6-2-4-9/h1,5,9-10H,2-4,6-8H2/b5-1-. The molecule has 1 saturated carbocycles. The van der Waals surface area contributed by atoms with Crippen LogP contribution in [0.5, 0.6) is 0 Å². The van der Waals surface area contributed by atoms with Gasteiger partial charge in [0.05, 0.1) is 0 Å². The quantitative estimate of drug-likeness (QED) is 0.503. The largest absolute Gasteiger partial charge is 0.299 e. The Hall–Kier alpha value is -0.590. The van der Waals surface area contributed by atoms with Gasteiger partial charge in [0, 0.05) is 12.3 Å². The molecular weight excluding hydrogens is 148 g/mol. The van der Waals surface area contributed by atoms with Gasteiger partial charge in [-0.25, -0.2) is 0 Å². The van der Waals surface area contributed by atoms with Crippen LogP contribution >= 0.6 is 0 Å². The zero-order valence-electron chi connectivity index (χ0n) is 7.46. The van der Waals surface area contributed by atoms with E-state index in [2.05, 4.69) is 12.2 Å². The van der Waals surface area contributed by atoms with Crippen molar-refractivity contribution in [2.45, 2.75) is 38.5 Å². The van der Waals surface area contributed by atoms with E-state index in [0.29, 0.717) is 5.78 Å². The molecule has 0 aromatic heterocycles. The molecule has 0 saturated heterocycles. The highest BCUT2D eigenvalue weighted by Crippen LogP contribution is 2.29. The minimum Gasteiger partial charge on any atom is -0.299 e. The highest BCUT2D eigenvalue weighted by Gasteiger charge is 2.22. The predicted molar refractivity (Wildman–Crippen MR) is 48.8 cm³/mol. The molecule has 1 nitrogen and oxygen atoms in total. The van der Waals surface area contributed by atoms with E-state index in [4.69, 9.17) is 0 Å². The van der Waals surface area contributed by atoms with Gasteiger partial charge in [-0.3, -0.25) is 4.79 Å². The van der Waals surface area contributed by atoms with Crippen molar-refractivity contribution >= 4 is 5.78 Å². The van der Waals surface area contributed by atoms with Crippen LogP contribution in [-0.4, -0.2) is 5.78 Å². The third kappa shape index (κ3) is 1.60. The van der Waals surface area contributed by atoms with Crippen LogP contribution in [0.2, 0.25) is 0 Å². The second-order valence-corrected chi connectivity index (χ2v) is 4.07. The summed E-state index contributed by atoms with van der Waals surface area (Å²) in [6.07, 6.45) is 11.3. The van der Waals surface area contributed by atoms with Crippen LogP contribution in [0, 0.1) is 11.8 Å². The van der Waals surface area contributed by atoms with Gasteiger partial charge in [-0.1, -0.05) is 25.0 Å². The third-order valence-corrected chi connectivity index (χ3v) is 3.18. The van der Waals surface area contributed by atoms with Gasteiger partial charge in [-0.15, -0.1) is 0 Å². The van der Waals surface area contributed by atoms with Crippen LogP contribution < -0.4 is 0 Å². The van der Waals surface area contributed by atoms with Crippen molar-refractivity contribution in [1.29, 1.82) is 0 Å². The summed E-state index contributed by atoms with van der Waals surface area (Å²) in [6.45, 7) is 0. The monoisotopic (exact) mass is 164 g/mol. The Morgan fingerprint density at radius 3 is 3.08 bits per heavy atom. The normalized spacial score (nSPS) is 38.5. The fourth-order valence-corrected chi connectivity index (χ4v) is 2.34. The van der Waals surface area contributed by atoms with E-state index in [9.17, 15) is 4.79 Å². The van der Waals surface area contributed by atoms with Gasteiger partial charge in [0.15, 0.2) is 0 Å². The van der Waals surface area contributed by atoms with Crippen molar-refractivity contribution in [3.63, 3.8) is 0 Å². The highest BCUT2D eigenvalue weighted by atomic mass is 16.1. The molecule has 3 aliphatic carbocycles. The van der Waals surface area contributed by atoms with E-state index in [1.54, 1.807) is 0 Å². The highest BCUT2D eigenvalue weighted by molar-refractivity contribution is 5.82. The van der Waals surface area contributed by atoms with Gasteiger partial charge in [0.25, 0.3) is 0 Å². The zero-order chi connectivity index (χ0) is 8.39. The van der Waals surface area contributed by atoms with E-state index in [0.717, 1.165) is 25.2 Å². The Morgan fingerprint density at radius 2 is 2.17 bits per heavy atom. The maximum Gasteiger partial charge on any atom is 0.139 e. The lowest BCUT2D eigenvalue weighted by atomic mass is 9.80. The van der Waals surface area contributed by atoms with Crippen molar-refractivity contribution in [3.8, 4) is 0 Å². The molecule has 0 N–H and O–H groups in total. The van der Waals surface area contributed by atoms with Gasteiger partial charge in [-0.05, 0) is 25.2 Å². The van der Waals surface area contributed by atoms with E-state index in [1.165, 1.54) is 19.3 Å². The smallest absolute Gasteiger partial charge is 0.139 e. The second-order valence-electron chi connectivity index (χ2n) is 4.07. The van der Waals surface area contributed by atoms with E-state index in [1.807, 2.05) is 0 Å². The summed E-state index contributed by atoms with van der Waals surface area (Å²) >= 11 is 0. The summed E-state index contributed by atoms with van der Waals surface area (Å²) in [7, 11) is 0. The van der Waals surface area contributed by atoms with Gasteiger partial charge < -0.3 is 0 Å². The topological polar surface area (TPSA) is 17.1 Å². The summed E-state index contributed by atoms with van der Waals surface area (Å²) in [6, 6.07) is 0. The van der Waals surface area contributed by atoms with Gasteiger partial charge in [0.1, 0.15) is 5.78 Å². The molecule has 0 amide bonds. The number of carbonyl (C=O) groups is 1. The lowest BCUT2D eigenvalue weighted by molar-refractivity contribution is -0.122. The van der Waals surface area contributed by atoms with Crippen LogP contribution in [0.25, 0.3) is 0 Å². The molecule has 2 atom stereocenters. The van der Waals surface area contributed by atoms with Crippen molar-refractivity contribution in [1.82, 2.24) is 0 Å². The fourth-order valence-electron chi connectivity index (χ4n) is 2.34. The molecule has 0 aromatic carbocycles. The van der Waals surface area contributed by atoms with Crippen molar-refractivity contribution in [2.24, 2.45) is 11.8 Å². The maximum atomic E-state index is 11.5. The molecule has 2 bridgehead atoms. The molecule has 0 heterocycles. The number of Topliss-reactive ketones (excluding diaryl/α,β-unsaturated/α-hetero) is 1. The lowest BCUT2D eigenvalue weighted by Gasteiger charge is -2.24. The Balaban J connectivity index is 2.18. The van der Waals surface area contributed by atoms with Crippen LogP contribution in [0.4, 0.5) is 0 Å². The van der Waals surface area contributed by atoms with Crippen molar-refractivity contribution in [2.75, 3.05) is 0 Å². The molecule has 0 radical (unpaired) electrons. The Kier molecular flexibility index (Phi) is 2.29. The molecule has 2 unspecified atom stereocenters. The van der Waals surface area contributed by atoms with Crippen molar-refractivity contribution in [3.05, 3.63) is 12.2 Å². The summed E-state index contributed by atoms with van der Waals surface area (Å²) in [4.78, 5) is 11.5. The first kappa shape index (κ1) is 8.03. The number of allylic oxidation sites excluding steroid dienone is 2. The zero-order valence-corrected chi connectivity index (χ0v) is 7.46. The average molecular weight is 164 g/mol. The van der Waals surface area contributed by atoms with Crippen LogP contribution in [0.15, 0.2) is 12.2 Å². The summed E-state index contributed by atoms with van der Waals surface area (Å²) in [5.41, 5.74) is 0. The molecule has 0 aromatic rings. The van der Waals surface area contributed by atoms with E-state index < -0.39 is 0 Å². The number of ketones is 1. The van der Waals surface area contributed by atoms with Crippen molar-refractivity contribution < 1.29 is 4.79 Å². The molecule has 66 valence electrons. The minimum absolute atomic E-state index is 0.270. The Morgan fingerprint density at radius 1 is 1.25 bits per heavy atom. The molecule has 0 spiro atoms. The number of fused-ring (bicyclic) bond motifs is 5. The second kappa shape index (κ2) is 3.42. The molecular formula is C11H16O. The first-order chi connectivity index (χ1) is 5.86. The fraction of sp³-hybridized carbons (Fsp3) is 0.727. The summed E-state index contributed by atoms with van der Waals surface area (Å²) in [5.74, 6) is 1.55. The van der Waals surface area contributed by atoms with Crippen LogP contribution in [0.1, 0.15) is 38.5 Å². The number of rotatable bonds is 0. The first-order valence-electron chi connectivity index (χ1n) is 5.05. The first-order valence-corrected chi connectivity index (χ1v) is 5.05. The molecule has 3 aliphatic rings. The van der Waals surface area contributed by atoms with Crippen LogP contribution in [0.3, 0.4) is 0 Å². The van der Waals surface area contributed by atoms with Gasteiger partial charge in [0.2, 0.25) is 0 Å². The summed E-state index contributed by atoms with van der Waals surface area (Å²) < 4.78 is 0. The lowest BCUT2D eigenvalue weighted by Crippen LogP contribution is -2.19. The minimum atomic E-state index is 0.270. The Bertz CT molecular complexity index is 205. The number of hydrogen-bond donors (Lipinski definition) is 0. The van der Waals surface area contributed by atoms with E-state index >= 15 is 0 Å². The number of hydrogen-bond acceptors (Lipinski definition) is 1. The van der Waals surface area contributed by atoms with E-state index in [-0.39, 0.29) is 5.92 Å². The van der Waals surface area contributed by atoms with Crippen LogP contribution in [-0.2, 0) is 4.79 Å². The molecule has 1 fully saturated rings. The maximum absolute atomic E-state index is 11.5. The van der Waals surface area contributed by atoms with Gasteiger partial charge >= 0.3 is 0 Å². The summed E-state index contributed by atoms with van der Waals surface area (Å²) in [5, 5.41) is 0. The molecule has 12 heavy (non-hydrogen) atoms. The SMILES string of the molecule is O=C1CCC2C/C=C\C1CCC2.